The van der Waals surface area contributed by atoms with Crippen LogP contribution in [0.25, 0.3) is 0 Å². The third-order valence-corrected chi connectivity index (χ3v) is 4.69. The molecule has 0 bridgehead atoms. The molecule has 1 heterocycles. The number of amides is 1. The lowest BCUT2D eigenvalue weighted by Crippen LogP contribution is -2.30. The molecule has 1 aliphatic heterocycles. The molecule has 2 aromatic rings. The predicted octanol–water partition coefficient (Wildman–Crippen LogP) is 3.99. The van der Waals surface area contributed by atoms with Crippen molar-refractivity contribution in [3.63, 3.8) is 0 Å². The molecule has 0 spiro atoms. The Labute approximate surface area is 143 Å². The Morgan fingerprint density at radius 1 is 1.08 bits per heavy atom. The molecule has 0 aliphatic carbocycles. The first-order valence-electron chi connectivity index (χ1n) is 8.24. The van der Waals surface area contributed by atoms with Gasteiger partial charge in [0.1, 0.15) is 0 Å². The van der Waals surface area contributed by atoms with Gasteiger partial charge in [-0.05, 0) is 49.1 Å². The van der Waals surface area contributed by atoms with Crippen LogP contribution in [0.1, 0.15) is 40.4 Å². The van der Waals surface area contributed by atoms with Gasteiger partial charge in [-0.2, -0.15) is 0 Å². The number of hydrogen-bond acceptors (Lipinski definition) is 3. The Morgan fingerprint density at radius 3 is 2.54 bits per heavy atom. The number of methoxy groups -OCH3 is 2. The summed E-state index contributed by atoms with van der Waals surface area (Å²) in [5.41, 5.74) is 3.10. The molecule has 0 aromatic heterocycles. The van der Waals surface area contributed by atoms with Crippen LogP contribution < -0.4 is 9.47 Å². The smallest absolute Gasteiger partial charge is 0.254 e. The summed E-state index contributed by atoms with van der Waals surface area (Å²) in [6.07, 6.45) is 2.03. The predicted molar refractivity (Wildman–Crippen MR) is 93.7 cm³/mol. The number of carbonyl (C=O) groups is 1. The van der Waals surface area contributed by atoms with E-state index in [-0.39, 0.29) is 11.9 Å². The summed E-state index contributed by atoms with van der Waals surface area (Å²) in [5.74, 6) is 1.25. The van der Waals surface area contributed by atoms with E-state index < -0.39 is 0 Å². The summed E-state index contributed by atoms with van der Waals surface area (Å²) >= 11 is 0. The molecule has 1 saturated heterocycles. The second-order valence-electron chi connectivity index (χ2n) is 6.08. The lowest BCUT2D eigenvalue weighted by molar-refractivity contribution is 0.0735. The number of carbonyl (C=O) groups excluding carboxylic acids is 1. The minimum Gasteiger partial charge on any atom is -0.493 e. The van der Waals surface area contributed by atoms with Gasteiger partial charge in [-0.1, -0.05) is 24.3 Å². The van der Waals surface area contributed by atoms with E-state index in [2.05, 4.69) is 19.1 Å². The summed E-state index contributed by atoms with van der Waals surface area (Å²) in [4.78, 5) is 15.0. The largest absolute Gasteiger partial charge is 0.493 e. The van der Waals surface area contributed by atoms with E-state index >= 15 is 0 Å². The first-order valence-corrected chi connectivity index (χ1v) is 8.24. The number of aryl methyl sites for hydroxylation is 1. The molecule has 4 heteroatoms. The third-order valence-electron chi connectivity index (χ3n) is 4.69. The zero-order chi connectivity index (χ0) is 17.1. The molecule has 2 aromatic carbocycles. The normalized spacial score (nSPS) is 17.0. The van der Waals surface area contributed by atoms with E-state index in [0.717, 1.165) is 19.4 Å². The Hall–Kier alpha value is -2.49. The molecule has 0 unspecified atom stereocenters. The average molecular weight is 325 g/mol. The summed E-state index contributed by atoms with van der Waals surface area (Å²) in [6, 6.07) is 13.8. The minimum atomic E-state index is 0.0432. The van der Waals surface area contributed by atoms with Gasteiger partial charge >= 0.3 is 0 Å². The second kappa shape index (κ2) is 6.95. The first-order chi connectivity index (χ1) is 11.7. The van der Waals surface area contributed by atoms with Crippen LogP contribution in [0, 0.1) is 6.92 Å². The molecule has 0 saturated carbocycles. The standard InChI is InChI=1S/C20H23NO3/c1-14-7-4-5-8-16(14)17-9-6-12-21(17)20(22)15-10-11-18(23-2)19(13-15)24-3/h4-5,7-8,10-11,13,17H,6,9,12H2,1-3H3/t17-/m0/s1. The van der Waals surface area contributed by atoms with E-state index in [1.54, 1.807) is 32.4 Å². The molecule has 1 amide bonds. The van der Waals surface area contributed by atoms with Crippen LogP contribution in [0.4, 0.5) is 0 Å². The summed E-state index contributed by atoms with van der Waals surface area (Å²) in [6.45, 7) is 2.89. The van der Waals surface area contributed by atoms with Gasteiger partial charge in [0, 0.05) is 12.1 Å². The SMILES string of the molecule is COc1ccc(C(=O)N2CCC[C@H]2c2ccccc2C)cc1OC. The first kappa shape index (κ1) is 16.4. The molecule has 0 radical (unpaired) electrons. The van der Waals surface area contributed by atoms with Gasteiger partial charge in [0.25, 0.3) is 5.91 Å². The highest BCUT2D eigenvalue weighted by Gasteiger charge is 2.31. The van der Waals surface area contributed by atoms with Crippen LogP contribution >= 0.6 is 0 Å². The third kappa shape index (κ3) is 2.96. The molecule has 1 aliphatic rings. The maximum absolute atomic E-state index is 13.0. The van der Waals surface area contributed by atoms with Crippen molar-refractivity contribution in [3.05, 3.63) is 59.2 Å². The Bertz CT molecular complexity index is 741. The highest BCUT2D eigenvalue weighted by atomic mass is 16.5. The van der Waals surface area contributed by atoms with Gasteiger partial charge < -0.3 is 14.4 Å². The van der Waals surface area contributed by atoms with E-state index in [1.807, 2.05) is 17.0 Å². The fourth-order valence-electron chi connectivity index (χ4n) is 3.43. The van der Waals surface area contributed by atoms with Crippen molar-refractivity contribution in [2.75, 3.05) is 20.8 Å². The van der Waals surface area contributed by atoms with Gasteiger partial charge in [-0.15, -0.1) is 0 Å². The fraction of sp³-hybridized carbons (Fsp3) is 0.350. The van der Waals surface area contributed by atoms with E-state index in [1.165, 1.54) is 11.1 Å². The maximum atomic E-state index is 13.0. The van der Waals surface area contributed by atoms with Gasteiger partial charge in [0.15, 0.2) is 11.5 Å². The number of nitrogens with zero attached hydrogens (tertiary/aromatic N) is 1. The van der Waals surface area contributed by atoms with Crippen LogP contribution in [0.15, 0.2) is 42.5 Å². The molecule has 4 nitrogen and oxygen atoms in total. The Kier molecular flexibility index (Phi) is 4.74. The van der Waals surface area contributed by atoms with Crippen molar-refractivity contribution < 1.29 is 14.3 Å². The summed E-state index contributed by atoms with van der Waals surface area (Å²) in [7, 11) is 3.17. The lowest BCUT2D eigenvalue weighted by atomic mass is 9.99. The monoisotopic (exact) mass is 325 g/mol. The van der Waals surface area contributed by atoms with Crippen molar-refractivity contribution in [1.29, 1.82) is 0 Å². The molecule has 1 fully saturated rings. The maximum Gasteiger partial charge on any atom is 0.254 e. The minimum absolute atomic E-state index is 0.0432. The van der Waals surface area contributed by atoms with Gasteiger partial charge in [0.05, 0.1) is 20.3 Å². The Balaban J connectivity index is 1.90. The second-order valence-corrected chi connectivity index (χ2v) is 6.08. The summed E-state index contributed by atoms with van der Waals surface area (Å²) in [5, 5.41) is 0. The lowest BCUT2D eigenvalue weighted by Gasteiger charge is -2.26. The van der Waals surface area contributed by atoms with Crippen molar-refractivity contribution in [2.45, 2.75) is 25.8 Å². The van der Waals surface area contributed by atoms with Crippen LogP contribution in [-0.4, -0.2) is 31.6 Å². The fourth-order valence-corrected chi connectivity index (χ4v) is 3.43. The zero-order valence-corrected chi connectivity index (χ0v) is 14.4. The van der Waals surface area contributed by atoms with E-state index in [0.29, 0.717) is 17.1 Å². The highest BCUT2D eigenvalue weighted by molar-refractivity contribution is 5.95. The van der Waals surface area contributed by atoms with Gasteiger partial charge in [-0.25, -0.2) is 0 Å². The topological polar surface area (TPSA) is 38.8 Å². The molecule has 3 rings (SSSR count). The van der Waals surface area contributed by atoms with Crippen LogP contribution in [0.3, 0.4) is 0 Å². The Morgan fingerprint density at radius 2 is 1.83 bits per heavy atom. The number of rotatable bonds is 4. The van der Waals surface area contributed by atoms with Gasteiger partial charge in [0.2, 0.25) is 0 Å². The number of benzene rings is 2. The highest BCUT2D eigenvalue weighted by Crippen LogP contribution is 2.36. The van der Waals surface area contributed by atoms with E-state index in [4.69, 9.17) is 9.47 Å². The van der Waals surface area contributed by atoms with Crippen LogP contribution in [-0.2, 0) is 0 Å². The number of hydrogen-bond donors (Lipinski definition) is 0. The molecule has 24 heavy (non-hydrogen) atoms. The van der Waals surface area contributed by atoms with Gasteiger partial charge in [-0.3, -0.25) is 4.79 Å². The molecule has 0 N–H and O–H groups in total. The molecular formula is C20H23NO3. The quantitative estimate of drug-likeness (QED) is 0.853. The van der Waals surface area contributed by atoms with Crippen molar-refractivity contribution >= 4 is 5.91 Å². The van der Waals surface area contributed by atoms with Crippen LogP contribution in [0.2, 0.25) is 0 Å². The zero-order valence-electron chi connectivity index (χ0n) is 14.4. The molecule has 126 valence electrons. The van der Waals surface area contributed by atoms with Crippen LogP contribution in [0.5, 0.6) is 11.5 Å². The van der Waals surface area contributed by atoms with E-state index in [9.17, 15) is 4.79 Å². The molecular weight excluding hydrogens is 302 g/mol. The summed E-state index contributed by atoms with van der Waals surface area (Å²) < 4.78 is 10.6. The average Bonchev–Trinajstić information content (AvgIpc) is 3.10. The van der Waals surface area contributed by atoms with Crippen molar-refractivity contribution in [2.24, 2.45) is 0 Å². The number of ether oxygens (including phenoxy) is 2. The number of likely N-dealkylation sites (tertiary alicyclic amines) is 1. The molecule has 1 atom stereocenters. The van der Waals surface area contributed by atoms with Crippen molar-refractivity contribution in [1.82, 2.24) is 4.90 Å². The van der Waals surface area contributed by atoms with Crippen molar-refractivity contribution in [3.8, 4) is 11.5 Å².